The van der Waals surface area contributed by atoms with Gasteiger partial charge in [-0.2, -0.15) is 15.8 Å². The van der Waals surface area contributed by atoms with Gasteiger partial charge in [-0.25, -0.2) is 0 Å². The SMILES string of the molecule is CN(C)Cc1c(Oc2ccc(C#N)cc2)ccc2c(CCC3CCN(Cc4ccccn4)CC3)noc12.CN(C)Cc1c(Oc2ccc(C#N)cc2)ccc2c(CCC3CCN(Cc4ccccn4)CC3)noc12.CN(C)Cc1c(Oc2ccc(C#N)cc2)ccc2c(CCC3CCNCC3)noc12.Cl.Cl.Cl. The topological polar surface area (TPSA) is 231 Å². The number of hydrogen-bond acceptors (Lipinski definition) is 20. The van der Waals surface area contributed by atoms with Crippen LogP contribution in [0.4, 0.5) is 0 Å². The van der Waals surface area contributed by atoms with Crippen LogP contribution in [0, 0.1) is 51.7 Å². The predicted molar refractivity (Wildman–Crippen MR) is 425 cm³/mol. The summed E-state index contributed by atoms with van der Waals surface area (Å²) in [6.45, 7) is 10.6. The number of aromatic nitrogens is 5. The smallest absolute Gasteiger partial charge is 0.175 e. The molecule has 0 aliphatic carbocycles. The summed E-state index contributed by atoms with van der Waals surface area (Å²) in [4.78, 5) is 20.2. The van der Waals surface area contributed by atoms with Gasteiger partial charge in [0.15, 0.2) is 16.7 Å². The Morgan fingerprint density at radius 3 is 1.00 bits per heavy atom. The summed E-state index contributed by atoms with van der Waals surface area (Å²) in [5.74, 6) is 6.47. The zero-order valence-electron chi connectivity index (χ0n) is 62.0. The Labute approximate surface area is 646 Å². The Kier molecular flexibility index (Phi) is 30.9. The van der Waals surface area contributed by atoms with Gasteiger partial charge in [-0.05, 0) is 310 Å². The molecule has 3 saturated heterocycles. The maximum absolute atomic E-state index is 9.06. The average Bonchev–Trinajstić information content (AvgIpc) is 1.20. The summed E-state index contributed by atoms with van der Waals surface area (Å²) in [5, 5.41) is 47.1. The van der Waals surface area contributed by atoms with E-state index in [2.05, 4.69) is 116 Å². The van der Waals surface area contributed by atoms with Gasteiger partial charge in [-0.15, -0.1) is 37.2 Å². The van der Waals surface area contributed by atoms with Crippen LogP contribution in [0.25, 0.3) is 32.9 Å². The first-order valence-corrected chi connectivity index (χ1v) is 36.5. The molecule has 6 aromatic carbocycles. The monoisotopic (exact) mass is 1500 g/mol. The third kappa shape index (κ3) is 22.6. The molecule has 0 atom stereocenters. The number of halogens is 3. The molecule has 5 aromatic heterocycles. The van der Waals surface area contributed by atoms with E-state index in [9.17, 15) is 0 Å². The predicted octanol–water partition coefficient (Wildman–Crippen LogP) is 17.3. The highest BCUT2D eigenvalue weighted by Crippen LogP contribution is 2.39. The van der Waals surface area contributed by atoms with Gasteiger partial charge in [0.25, 0.3) is 0 Å². The Hall–Kier alpha value is -9.47. The number of benzene rings is 6. The minimum absolute atomic E-state index is 0. The number of nitrogens with one attached hydrogen (secondary N) is 1. The lowest BCUT2D eigenvalue weighted by atomic mass is 9.91. The van der Waals surface area contributed by atoms with Gasteiger partial charge >= 0.3 is 0 Å². The molecule has 107 heavy (non-hydrogen) atoms. The first kappa shape index (κ1) is 81.6. The molecule has 3 aliphatic heterocycles. The van der Waals surface area contributed by atoms with Crippen molar-refractivity contribution < 1.29 is 27.8 Å². The Balaban J connectivity index is 0.000000184. The summed E-state index contributed by atoms with van der Waals surface area (Å²) in [5.41, 5.74) is 12.5. The third-order valence-corrected chi connectivity index (χ3v) is 19.8. The van der Waals surface area contributed by atoms with Crippen molar-refractivity contribution in [2.75, 3.05) is 81.6 Å². The minimum atomic E-state index is 0. The van der Waals surface area contributed by atoms with Gasteiger partial charge in [0.05, 0.1) is 80.1 Å². The number of fused-ring (bicyclic) bond motifs is 3. The molecule has 0 bridgehead atoms. The minimum Gasteiger partial charge on any atom is -0.457 e. The lowest BCUT2D eigenvalue weighted by molar-refractivity contribution is 0.170. The van der Waals surface area contributed by atoms with E-state index in [1.807, 2.05) is 121 Å². The summed E-state index contributed by atoms with van der Waals surface area (Å²) in [7, 11) is 12.2. The molecule has 1 N–H and O–H groups in total. The number of hydrogen-bond donors (Lipinski definition) is 1. The van der Waals surface area contributed by atoms with Crippen LogP contribution in [0.1, 0.15) is 120 Å². The molecule has 560 valence electrons. The number of ether oxygens (including phenoxy) is 3. The van der Waals surface area contributed by atoms with E-state index >= 15 is 0 Å². The number of nitrogens with zero attached hydrogens (tertiary/aromatic N) is 13. The van der Waals surface area contributed by atoms with Gasteiger partial charge in [0, 0.05) is 61.3 Å². The van der Waals surface area contributed by atoms with E-state index in [1.54, 1.807) is 36.4 Å². The number of pyridine rings is 2. The van der Waals surface area contributed by atoms with E-state index in [-0.39, 0.29) is 37.2 Å². The summed E-state index contributed by atoms with van der Waals surface area (Å²) < 4.78 is 36.2. The van der Waals surface area contributed by atoms with E-state index in [0.717, 1.165) is 192 Å². The number of rotatable bonds is 25. The van der Waals surface area contributed by atoms with Crippen molar-refractivity contribution in [1.29, 1.82) is 15.8 Å². The second-order valence-electron chi connectivity index (χ2n) is 28.5. The van der Waals surface area contributed by atoms with E-state index in [0.29, 0.717) is 65.4 Å². The van der Waals surface area contributed by atoms with E-state index in [1.165, 1.54) is 38.5 Å². The molecule has 0 spiro atoms. The van der Waals surface area contributed by atoms with Gasteiger partial charge in [-0.3, -0.25) is 19.8 Å². The first-order chi connectivity index (χ1) is 50.8. The van der Waals surface area contributed by atoms with Gasteiger partial charge < -0.3 is 47.8 Å². The maximum atomic E-state index is 9.06. The highest BCUT2D eigenvalue weighted by atomic mass is 35.5. The fourth-order valence-electron chi connectivity index (χ4n) is 14.2. The van der Waals surface area contributed by atoms with Crippen molar-refractivity contribution in [1.82, 2.24) is 55.3 Å². The Morgan fingerprint density at radius 2 is 0.720 bits per heavy atom. The molecule has 23 heteroatoms. The molecule has 0 amide bonds. The van der Waals surface area contributed by atoms with Crippen LogP contribution in [-0.2, 0) is 52.0 Å². The summed E-state index contributed by atoms with van der Waals surface area (Å²) in [6, 6.07) is 52.3. The van der Waals surface area contributed by atoms with Crippen LogP contribution in [0.15, 0.2) is 172 Å². The first-order valence-electron chi connectivity index (χ1n) is 36.5. The third-order valence-electron chi connectivity index (χ3n) is 19.8. The number of aryl methyl sites for hydroxylation is 3. The molecule has 8 heterocycles. The molecule has 14 rings (SSSR count). The summed E-state index contributed by atoms with van der Waals surface area (Å²) in [6.07, 6.45) is 17.2. The normalized spacial score (nSPS) is 14.4. The molecular formula is C84H97Cl3N14O6. The quantitative estimate of drug-likeness (QED) is 0.0560. The fraction of sp³-hybridized carbons (Fsp3) is 0.381. The van der Waals surface area contributed by atoms with Crippen molar-refractivity contribution in [2.24, 2.45) is 17.8 Å². The molecule has 0 saturated carbocycles. The number of piperidine rings is 3. The van der Waals surface area contributed by atoms with Crippen LogP contribution < -0.4 is 19.5 Å². The van der Waals surface area contributed by atoms with Crippen molar-refractivity contribution in [2.45, 2.75) is 110 Å². The van der Waals surface area contributed by atoms with E-state index in [4.69, 9.17) is 43.6 Å². The second kappa shape index (κ2) is 40.5. The van der Waals surface area contributed by atoms with Crippen molar-refractivity contribution in [3.63, 3.8) is 0 Å². The number of likely N-dealkylation sites (tertiary alicyclic amines) is 2. The van der Waals surface area contributed by atoms with Crippen LogP contribution in [0.3, 0.4) is 0 Å². The largest absolute Gasteiger partial charge is 0.457 e. The van der Waals surface area contributed by atoms with Gasteiger partial charge in [-0.1, -0.05) is 27.6 Å². The van der Waals surface area contributed by atoms with Gasteiger partial charge in [0.1, 0.15) is 34.5 Å². The molecule has 11 aromatic rings. The fourth-order valence-corrected chi connectivity index (χ4v) is 14.2. The van der Waals surface area contributed by atoms with Gasteiger partial charge in [0.2, 0.25) is 0 Å². The number of nitriles is 3. The second-order valence-corrected chi connectivity index (χ2v) is 28.5. The average molecular weight is 1510 g/mol. The van der Waals surface area contributed by atoms with Crippen LogP contribution in [0.2, 0.25) is 0 Å². The van der Waals surface area contributed by atoms with Crippen LogP contribution in [-0.4, -0.2) is 131 Å². The van der Waals surface area contributed by atoms with Crippen molar-refractivity contribution in [3.05, 3.63) is 220 Å². The lowest BCUT2D eigenvalue weighted by Gasteiger charge is -2.31. The highest BCUT2D eigenvalue weighted by Gasteiger charge is 2.26. The van der Waals surface area contributed by atoms with E-state index < -0.39 is 0 Å². The Bertz CT molecular complexity index is 4480. The maximum Gasteiger partial charge on any atom is 0.175 e. The highest BCUT2D eigenvalue weighted by molar-refractivity contribution is 5.87. The Morgan fingerprint density at radius 1 is 0.411 bits per heavy atom. The summed E-state index contributed by atoms with van der Waals surface area (Å²) >= 11 is 0. The molecular weight excluding hydrogens is 1410 g/mol. The van der Waals surface area contributed by atoms with Crippen LogP contribution >= 0.6 is 37.2 Å². The van der Waals surface area contributed by atoms with Crippen LogP contribution in [0.5, 0.6) is 34.5 Å². The van der Waals surface area contributed by atoms with Crippen molar-refractivity contribution >= 4 is 70.1 Å². The molecule has 3 fully saturated rings. The molecule has 20 nitrogen and oxygen atoms in total. The zero-order valence-corrected chi connectivity index (χ0v) is 64.4. The molecule has 0 radical (unpaired) electrons. The lowest BCUT2D eigenvalue weighted by Crippen LogP contribution is -2.33. The van der Waals surface area contributed by atoms with Crippen molar-refractivity contribution in [3.8, 4) is 52.7 Å². The molecule has 0 unspecified atom stereocenters. The zero-order chi connectivity index (χ0) is 72.2. The molecule has 3 aliphatic rings. The standard InChI is InChI=1S/2C30H33N5O2.C24H28N4O2.3ClH/c2*1-34(2)21-27-29(36-25-9-6-23(19-31)7-10-25)13-11-26-28(33-37-30(26)27)12-8-22-14-17-35(18-15-22)20-24-5-3-4-16-32-24;1-28(2)16-21-23(29-19-6-3-18(15-25)4-7-19)10-8-20-22(27-30-24(20)21)9-5-17-11-13-26-14-12-17;;;/h2*3-7,9-11,13,16,22H,8,12,14-15,17-18,20-21H2,1-2H3;3-4,6-8,10,17,26H,5,9,11-14,16H2,1-2H3;3*1H.